The Hall–Kier alpha value is -3.38. The van der Waals surface area contributed by atoms with E-state index >= 15 is 0 Å². The fraction of sp³-hybridized carbons (Fsp3) is 0.375. The first-order chi connectivity index (χ1) is 17.1. The summed E-state index contributed by atoms with van der Waals surface area (Å²) in [6.45, 7) is 3.88. The molecule has 3 atom stereocenters. The van der Waals surface area contributed by atoms with Gasteiger partial charge in [-0.25, -0.2) is 0 Å². The molecule has 1 heterocycles. The van der Waals surface area contributed by atoms with Crippen LogP contribution in [0.3, 0.4) is 0 Å². The van der Waals surface area contributed by atoms with Crippen LogP contribution in [0.25, 0.3) is 0 Å². The lowest BCUT2D eigenvalue weighted by Crippen LogP contribution is -2.42. The van der Waals surface area contributed by atoms with Gasteiger partial charge in [0.05, 0.1) is 11.4 Å². The number of benzene rings is 2. The van der Waals surface area contributed by atoms with E-state index in [9.17, 15) is 4.79 Å². The van der Waals surface area contributed by atoms with Crippen molar-refractivity contribution in [3.8, 4) is 11.8 Å². The maximum absolute atomic E-state index is 13.2. The molecule has 1 fully saturated rings. The Morgan fingerprint density at radius 3 is 2.77 bits per heavy atom. The van der Waals surface area contributed by atoms with Crippen molar-refractivity contribution in [2.75, 3.05) is 5.32 Å². The first-order valence-electron chi connectivity index (χ1n) is 12.9. The Morgan fingerprint density at radius 1 is 1.11 bits per heavy atom. The van der Waals surface area contributed by atoms with E-state index in [0.29, 0.717) is 11.8 Å². The van der Waals surface area contributed by atoms with Crippen LogP contribution in [0.2, 0.25) is 0 Å². The van der Waals surface area contributed by atoms with Gasteiger partial charge in [-0.1, -0.05) is 36.4 Å². The summed E-state index contributed by atoms with van der Waals surface area (Å²) in [6, 6.07) is 21.2. The van der Waals surface area contributed by atoms with Crippen LogP contribution >= 0.6 is 0 Å². The van der Waals surface area contributed by atoms with Gasteiger partial charge in [0.1, 0.15) is 0 Å². The zero-order chi connectivity index (χ0) is 24.3. The second kappa shape index (κ2) is 10.1. The number of hydrogen-bond acceptors (Lipinski definition) is 2. The molecule has 1 amide bonds. The Bertz CT molecular complexity index is 1270. The highest BCUT2D eigenvalue weighted by atomic mass is 16.1. The molecule has 0 radical (unpaired) electrons. The molecule has 0 saturated heterocycles. The summed E-state index contributed by atoms with van der Waals surface area (Å²) in [6.07, 6.45) is 9.68. The highest BCUT2D eigenvalue weighted by Gasteiger charge is 2.46. The molecule has 0 spiro atoms. The lowest BCUT2D eigenvalue weighted by molar-refractivity contribution is 0.102. The van der Waals surface area contributed by atoms with E-state index in [-0.39, 0.29) is 11.3 Å². The van der Waals surface area contributed by atoms with Gasteiger partial charge in [0.15, 0.2) is 0 Å². The van der Waals surface area contributed by atoms with E-state index in [1.54, 1.807) is 6.20 Å². The lowest BCUT2D eigenvalue weighted by Gasteiger charge is -2.47. The van der Waals surface area contributed by atoms with Crippen molar-refractivity contribution >= 4 is 11.6 Å². The molecule has 1 saturated carbocycles. The topological polar surface area (TPSA) is 42.0 Å². The Morgan fingerprint density at radius 2 is 1.97 bits per heavy atom. The minimum Gasteiger partial charge on any atom is -0.320 e. The molecule has 2 aromatic carbocycles. The number of carbonyl (C=O) groups excluding carboxylic acids is 1. The molecule has 5 rings (SSSR count). The van der Waals surface area contributed by atoms with E-state index < -0.39 is 0 Å². The van der Waals surface area contributed by atoms with Gasteiger partial charge in [0, 0.05) is 23.1 Å². The number of aryl methyl sites for hydroxylation is 2. The number of anilines is 1. The second-order valence-electron chi connectivity index (χ2n) is 10.2. The molecule has 178 valence electrons. The number of nitrogens with zero attached hydrogens (tertiary/aromatic N) is 1. The van der Waals surface area contributed by atoms with Crippen LogP contribution in [0.4, 0.5) is 5.69 Å². The first-order valence-corrected chi connectivity index (χ1v) is 12.9. The molecule has 0 bridgehead atoms. The summed E-state index contributed by atoms with van der Waals surface area (Å²) in [5.41, 5.74) is 6.63. The lowest BCUT2D eigenvalue weighted by atomic mass is 9.57. The van der Waals surface area contributed by atoms with Crippen LogP contribution in [0.15, 0.2) is 66.9 Å². The van der Waals surface area contributed by atoms with Gasteiger partial charge in [0.25, 0.3) is 5.91 Å². The monoisotopic (exact) mass is 462 g/mol. The summed E-state index contributed by atoms with van der Waals surface area (Å²) in [5.74, 6) is 7.71. The predicted octanol–water partition coefficient (Wildman–Crippen LogP) is 6.90. The van der Waals surface area contributed by atoms with Crippen molar-refractivity contribution in [3.05, 3.63) is 94.8 Å². The SMILES string of the molecule is CC#CC1CCC2(Cc3ccccc3)c3ccc(C(=O)Nc4cccnc4C)cc3CCCC2C1. The average Bonchev–Trinajstić information content (AvgIpc) is 3.02. The van der Waals surface area contributed by atoms with Gasteiger partial charge in [-0.2, -0.15) is 0 Å². The number of pyridine rings is 1. The van der Waals surface area contributed by atoms with Crippen molar-refractivity contribution in [2.24, 2.45) is 11.8 Å². The van der Waals surface area contributed by atoms with Crippen LogP contribution in [-0.2, 0) is 18.3 Å². The van der Waals surface area contributed by atoms with Gasteiger partial charge in [-0.15, -0.1) is 11.8 Å². The van der Waals surface area contributed by atoms with E-state index in [4.69, 9.17) is 0 Å². The molecule has 35 heavy (non-hydrogen) atoms. The van der Waals surface area contributed by atoms with Crippen LogP contribution in [-0.4, -0.2) is 10.9 Å². The Labute approximate surface area is 209 Å². The minimum atomic E-state index is -0.0660. The zero-order valence-corrected chi connectivity index (χ0v) is 20.8. The van der Waals surface area contributed by atoms with E-state index in [2.05, 4.69) is 64.6 Å². The number of nitrogens with one attached hydrogen (secondary N) is 1. The normalized spacial score (nSPS) is 23.1. The van der Waals surface area contributed by atoms with Crippen molar-refractivity contribution < 1.29 is 4.79 Å². The van der Waals surface area contributed by atoms with Crippen LogP contribution in [0.1, 0.15) is 71.8 Å². The van der Waals surface area contributed by atoms with Gasteiger partial charge in [-0.3, -0.25) is 9.78 Å². The van der Waals surface area contributed by atoms with E-state index in [1.807, 2.05) is 32.0 Å². The van der Waals surface area contributed by atoms with Gasteiger partial charge in [-0.05, 0) is 106 Å². The van der Waals surface area contributed by atoms with Crippen LogP contribution < -0.4 is 5.32 Å². The third kappa shape index (κ3) is 4.76. The van der Waals surface area contributed by atoms with Gasteiger partial charge in [0.2, 0.25) is 0 Å². The number of aromatic nitrogens is 1. The molecule has 3 aromatic rings. The zero-order valence-electron chi connectivity index (χ0n) is 20.8. The second-order valence-corrected chi connectivity index (χ2v) is 10.2. The number of rotatable bonds is 4. The minimum absolute atomic E-state index is 0.0660. The summed E-state index contributed by atoms with van der Waals surface area (Å²) in [5, 5.41) is 3.06. The molecule has 1 aromatic heterocycles. The quantitative estimate of drug-likeness (QED) is 0.429. The summed E-state index contributed by atoms with van der Waals surface area (Å²) >= 11 is 0. The fourth-order valence-corrected chi connectivity index (χ4v) is 6.47. The molecular weight excluding hydrogens is 428 g/mol. The highest BCUT2D eigenvalue weighted by Crippen LogP contribution is 2.52. The van der Waals surface area contributed by atoms with Gasteiger partial charge < -0.3 is 5.32 Å². The van der Waals surface area contributed by atoms with E-state index in [1.165, 1.54) is 29.5 Å². The summed E-state index contributed by atoms with van der Waals surface area (Å²) in [7, 11) is 0. The average molecular weight is 463 g/mol. The molecule has 3 unspecified atom stereocenters. The third-order valence-electron chi connectivity index (χ3n) is 8.16. The smallest absolute Gasteiger partial charge is 0.255 e. The van der Waals surface area contributed by atoms with Gasteiger partial charge >= 0.3 is 0 Å². The highest BCUT2D eigenvalue weighted by molar-refractivity contribution is 6.04. The van der Waals surface area contributed by atoms with E-state index in [0.717, 1.165) is 49.0 Å². The van der Waals surface area contributed by atoms with Crippen molar-refractivity contribution in [1.29, 1.82) is 0 Å². The third-order valence-corrected chi connectivity index (χ3v) is 8.16. The molecule has 3 heteroatoms. The van der Waals surface area contributed by atoms with Crippen LogP contribution in [0, 0.1) is 30.6 Å². The van der Waals surface area contributed by atoms with Crippen molar-refractivity contribution in [3.63, 3.8) is 0 Å². The molecule has 0 aliphatic heterocycles. The number of carbonyl (C=O) groups is 1. The Kier molecular flexibility index (Phi) is 6.73. The summed E-state index contributed by atoms with van der Waals surface area (Å²) in [4.78, 5) is 17.4. The first kappa shape index (κ1) is 23.4. The summed E-state index contributed by atoms with van der Waals surface area (Å²) < 4.78 is 0. The largest absolute Gasteiger partial charge is 0.320 e. The number of hydrogen-bond donors (Lipinski definition) is 1. The predicted molar refractivity (Wildman–Crippen MR) is 142 cm³/mol. The van der Waals surface area contributed by atoms with Crippen molar-refractivity contribution in [1.82, 2.24) is 4.98 Å². The Balaban J connectivity index is 1.51. The molecular formula is C32H34N2O. The standard InChI is InChI=1S/C32H34N2O/c1-3-9-24-17-18-32(22-25-10-5-4-6-11-25)28(20-24)13-7-12-26-21-27(15-16-29(26)32)31(35)34-30-14-8-19-33-23(30)2/h4-6,8,10-11,14-16,19,21,24,28H,7,12-13,17-18,20,22H2,1-2H3,(H,34,35). The van der Waals surface area contributed by atoms with Crippen molar-refractivity contribution in [2.45, 2.75) is 64.2 Å². The number of fused-ring (bicyclic) bond motifs is 3. The van der Waals surface area contributed by atoms with Crippen LogP contribution in [0.5, 0.6) is 0 Å². The molecule has 2 aliphatic carbocycles. The maximum Gasteiger partial charge on any atom is 0.255 e. The fourth-order valence-electron chi connectivity index (χ4n) is 6.47. The maximum atomic E-state index is 13.2. The number of amides is 1. The molecule has 2 aliphatic rings. The molecule has 1 N–H and O–H groups in total. The molecule has 3 nitrogen and oxygen atoms in total.